The molecule has 0 aliphatic heterocycles. The summed E-state index contributed by atoms with van der Waals surface area (Å²) in [6, 6.07) is 18.5. The lowest BCUT2D eigenvalue weighted by atomic mass is 10.1. The predicted octanol–water partition coefficient (Wildman–Crippen LogP) is 3.50. The second-order valence-corrected chi connectivity index (χ2v) is 6.06. The third kappa shape index (κ3) is 4.36. The van der Waals surface area contributed by atoms with E-state index in [4.69, 9.17) is 4.74 Å². The van der Waals surface area contributed by atoms with Gasteiger partial charge in [-0.05, 0) is 42.0 Å². The van der Waals surface area contributed by atoms with E-state index in [2.05, 4.69) is 15.8 Å². The predicted molar refractivity (Wildman–Crippen MR) is 107 cm³/mol. The van der Waals surface area contributed by atoms with Crippen molar-refractivity contribution in [3.05, 3.63) is 66.2 Å². The number of methoxy groups -OCH3 is 1. The van der Waals surface area contributed by atoms with Gasteiger partial charge in [0.1, 0.15) is 6.04 Å². The molecule has 0 fully saturated rings. The first-order valence-electron chi connectivity index (χ1n) is 8.52. The molecular weight excluding hydrogens is 342 g/mol. The number of carbonyl (C=O) groups is 1. The highest BCUT2D eigenvalue weighted by Gasteiger charge is 2.12. The van der Waals surface area contributed by atoms with E-state index in [0.717, 1.165) is 16.5 Å². The number of nitrogens with zero attached hydrogens (tertiary/aromatic N) is 1. The average Bonchev–Trinajstić information content (AvgIpc) is 2.69. The molecule has 0 aromatic heterocycles. The van der Waals surface area contributed by atoms with Crippen LogP contribution in [0.2, 0.25) is 0 Å². The van der Waals surface area contributed by atoms with Gasteiger partial charge in [0.15, 0.2) is 11.5 Å². The SMILES string of the molecule is COc1cccc(/C=N\NC(=O)[C@@H](C)Nc2ccc3ccccc3c2)c1O. The lowest BCUT2D eigenvalue weighted by molar-refractivity contribution is -0.121. The molecule has 3 aromatic rings. The summed E-state index contributed by atoms with van der Waals surface area (Å²) in [4.78, 5) is 12.2. The van der Waals surface area contributed by atoms with Crippen LogP contribution in [0.25, 0.3) is 10.8 Å². The van der Waals surface area contributed by atoms with Crippen LogP contribution in [0.15, 0.2) is 65.8 Å². The number of anilines is 1. The van der Waals surface area contributed by atoms with Crippen LogP contribution in [0, 0.1) is 0 Å². The molecule has 27 heavy (non-hydrogen) atoms. The van der Waals surface area contributed by atoms with Crippen molar-refractivity contribution in [3.63, 3.8) is 0 Å². The molecule has 3 N–H and O–H groups in total. The van der Waals surface area contributed by atoms with Crippen LogP contribution in [0.5, 0.6) is 11.5 Å². The Morgan fingerprint density at radius 3 is 2.67 bits per heavy atom. The van der Waals surface area contributed by atoms with E-state index < -0.39 is 6.04 Å². The van der Waals surface area contributed by atoms with Crippen molar-refractivity contribution >= 4 is 28.6 Å². The highest BCUT2D eigenvalue weighted by Crippen LogP contribution is 2.27. The number of rotatable bonds is 6. The van der Waals surface area contributed by atoms with E-state index in [1.54, 1.807) is 25.1 Å². The number of benzene rings is 3. The number of carbonyl (C=O) groups excluding carboxylic acids is 1. The van der Waals surface area contributed by atoms with Gasteiger partial charge in [0, 0.05) is 11.3 Å². The van der Waals surface area contributed by atoms with E-state index >= 15 is 0 Å². The van der Waals surface area contributed by atoms with Crippen LogP contribution in [0.4, 0.5) is 5.69 Å². The Labute approximate surface area is 157 Å². The van der Waals surface area contributed by atoms with Crippen LogP contribution < -0.4 is 15.5 Å². The lowest BCUT2D eigenvalue weighted by Gasteiger charge is -2.14. The molecule has 1 atom stereocenters. The zero-order chi connectivity index (χ0) is 19.2. The van der Waals surface area contributed by atoms with Crippen molar-refractivity contribution in [1.29, 1.82) is 0 Å². The molecule has 0 aliphatic rings. The molecule has 0 saturated carbocycles. The summed E-state index contributed by atoms with van der Waals surface area (Å²) in [6.45, 7) is 1.75. The number of fused-ring (bicyclic) bond motifs is 1. The Bertz CT molecular complexity index is 985. The van der Waals surface area contributed by atoms with Crippen LogP contribution in [-0.4, -0.2) is 30.4 Å². The monoisotopic (exact) mass is 363 g/mol. The van der Waals surface area contributed by atoms with Crippen molar-refractivity contribution in [2.45, 2.75) is 13.0 Å². The first kappa shape index (κ1) is 18.3. The van der Waals surface area contributed by atoms with Gasteiger partial charge < -0.3 is 15.2 Å². The van der Waals surface area contributed by atoms with E-state index in [9.17, 15) is 9.90 Å². The molecule has 0 saturated heterocycles. The quantitative estimate of drug-likeness (QED) is 0.462. The molecule has 0 radical (unpaired) electrons. The van der Waals surface area contributed by atoms with Crippen LogP contribution >= 0.6 is 0 Å². The zero-order valence-electron chi connectivity index (χ0n) is 15.1. The third-order valence-corrected chi connectivity index (χ3v) is 4.15. The first-order chi connectivity index (χ1) is 13.1. The number of nitrogens with one attached hydrogen (secondary N) is 2. The summed E-state index contributed by atoms with van der Waals surface area (Å²) in [5.41, 5.74) is 3.77. The van der Waals surface area contributed by atoms with Gasteiger partial charge in [-0.3, -0.25) is 4.79 Å². The van der Waals surface area contributed by atoms with Crippen molar-refractivity contribution in [2.24, 2.45) is 5.10 Å². The second kappa shape index (κ2) is 8.23. The van der Waals surface area contributed by atoms with Gasteiger partial charge >= 0.3 is 0 Å². The van der Waals surface area contributed by atoms with Crippen molar-refractivity contribution in [1.82, 2.24) is 5.43 Å². The van der Waals surface area contributed by atoms with Gasteiger partial charge in [0.05, 0.1) is 13.3 Å². The Morgan fingerprint density at radius 2 is 1.89 bits per heavy atom. The molecule has 0 aliphatic carbocycles. The molecule has 3 rings (SSSR count). The maximum Gasteiger partial charge on any atom is 0.262 e. The molecule has 6 nitrogen and oxygen atoms in total. The standard InChI is InChI=1S/C21H21N3O3/c1-14(23-18-11-10-15-6-3-4-7-16(15)12-18)21(26)24-22-13-17-8-5-9-19(27-2)20(17)25/h3-14,23,25H,1-2H3,(H,24,26)/b22-13-/t14-/m1/s1. The topological polar surface area (TPSA) is 83.0 Å². The van der Waals surface area contributed by atoms with E-state index in [1.807, 2.05) is 42.5 Å². The summed E-state index contributed by atoms with van der Waals surface area (Å²) < 4.78 is 5.04. The molecule has 6 heteroatoms. The Hall–Kier alpha value is -3.54. The maximum absolute atomic E-state index is 12.2. The van der Waals surface area contributed by atoms with Crippen molar-refractivity contribution < 1.29 is 14.6 Å². The number of aromatic hydroxyl groups is 1. The number of hydrazone groups is 1. The zero-order valence-corrected chi connectivity index (χ0v) is 15.1. The second-order valence-electron chi connectivity index (χ2n) is 6.06. The average molecular weight is 363 g/mol. The highest BCUT2D eigenvalue weighted by molar-refractivity contribution is 5.89. The number of hydrogen-bond donors (Lipinski definition) is 3. The molecule has 0 bridgehead atoms. The fraction of sp³-hybridized carbons (Fsp3) is 0.143. The number of amides is 1. The summed E-state index contributed by atoms with van der Waals surface area (Å²) >= 11 is 0. The summed E-state index contributed by atoms with van der Waals surface area (Å²) in [5.74, 6) is 0.0266. The van der Waals surface area contributed by atoms with E-state index in [-0.39, 0.29) is 11.7 Å². The molecule has 0 unspecified atom stereocenters. The van der Waals surface area contributed by atoms with Gasteiger partial charge in [0.2, 0.25) is 0 Å². The molecule has 0 heterocycles. The Morgan fingerprint density at radius 1 is 1.11 bits per heavy atom. The molecule has 1 amide bonds. The molecular formula is C21H21N3O3. The molecule has 3 aromatic carbocycles. The number of para-hydroxylation sites is 1. The Kier molecular flexibility index (Phi) is 5.56. The first-order valence-corrected chi connectivity index (χ1v) is 8.52. The van der Waals surface area contributed by atoms with Gasteiger partial charge in [-0.1, -0.05) is 36.4 Å². The minimum atomic E-state index is -0.484. The van der Waals surface area contributed by atoms with Crippen molar-refractivity contribution in [2.75, 3.05) is 12.4 Å². The van der Waals surface area contributed by atoms with Crippen LogP contribution in [-0.2, 0) is 4.79 Å². The minimum Gasteiger partial charge on any atom is -0.504 e. The van der Waals surface area contributed by atoms with Gasteiger partial charge in [0.25, 0.3) is 5.91 Å². The van der Waals surface area contributed by atoms with Crippen LogP contribution in [0.3, 0.4) is 0 Å². The summed E-state index contributed by atoms with van der Waals surface area (Å²) in [6.07, 6.45) is 1.37. The summed E-state index contributed by atoms with van der Waals surface area (Å²) in [5, 5.41) is 19.3. The van der Waals surface area contributed by atoms with E-state index in [0.29, 0.717) is 11.3 Å². The smallest absolute Gasteiger partial charge is 0.262 e. The fourth-order valence-corrected chi connectivity index (χ4v) is 2.67. The van der Waals surface area contributed by atoms with Crippen LogP contribution in [0.1, 0.15) is 12.5 Å². The lowest BCUT2D eigenvalue weighted by Crippen LogP contribution is -2.34. The number of phenolic OH excluding ortho intramolecular Hbond substituents is 1. The van der Waals surface area contributed by atoms with E-state index in [1.165, 1.54) is 13.3 Å². The maximum atomic E-state index is 12.2. The third-order valence-electron chi connectivity index (χ3n) is 4.15. The molecule has 0 spiro atoms. The largest absolute Gasteiger partial charge is 0.504 e. The van der Waals surface area contributed by atoms with Gasteiger partial charge in [-0.15, -0.1) is 0 Å². The van der Waals surface area contributed by atoms with Crippen molar-refractivity contribution in [3.8, 4) is 11.5 Å². The molecule has 138 valence electrons. The highest BCUT2D eigenvalue weighted by atomic mass is 16.5. The normalized spacial score (nSPS) is 12.1. The number of phenols is 1. The Balaban J connectivity index is 1.62. The summed E-state index contributed by atoms with van der Waals surface area (Å²) in [7, 11) is 1.47. The fourth-order valence-electron chi connectivity index (χ4n) is 2.67. The number of ether oxygens (including phenoxy) is 1. The van der Waals surface area contributed by atoms with Gasteiger partial charge in [-0.2, -0.15) is 5.10 Å². The van der Waals surface area contributed by atoms with Gasteiger partial charge in [-0.25, -0.2) is 5.43 Å². The number of hydrogen-bond acceptors (Lipinski definition) is 5. The minimum absolute atomic E-state index is 0.0275.